The molecule has 1 fully saturated rings. The summed E-state index contributed by atoms with van der Waals surface area (Å²) in [4.78, 5) is 43.9. The maximum Gasteiger partial charge on any atom is 0.328 e. The summed E-state index contributed by atoms with van der Waals surface area (Å²) >= 11 is 4.67. The monoisotopic (exact) mass is 619 g/mol. The van der Waals surface area contributed by atoms with Gasteiger partial charge >= 0.3 is 5.97 Å². The molecular formula is C30H42BrN3O4S. The third kappa shape index (κ3) is 10.4. The molecule has 1 unspecified atom stereocenters. The molecule has 0 bridgehead atoms. The van der Waals surface area contributed by atoms with Gasteiger partial charge in [-0.3, -0.25) is 14.5 Å². The Bertz CT molecular complexity index is 1040. The number of rotatable bonds is 15. The quantitative estimate of drug-likeness (QED) is 0.195. The molecule has 9 heteroatoms. The Labute approximate surface area is 245 Å². The second-order valence-corrected chi connectivity index (χ2v) is 11.9. The summed E-state index contributed by atoms with van der Waals surface area (Å²) in [6, 6.07) is 11.5. The maximum absolute atomic E-state index is 13.3. The molecule has 1 aliphatic heterocycles. The average Bonchev–Trinajstić information content (AvgIpc) is 3.39. The van der Waals surface area contributed by atoms with E-state index in [1.807, 2.05) is 23.3 Å². The van der Waals surface area contributed by atoms with Gasteiger partial charge in [-0.1, -0.05) is 56.5 Å². The van der Waals surface area contributed by atoms with E-state index in [9.17, 15) is 14.4 Å². The lowest BCUT2D eigenvalue weighted by molar-refractivity contribution is -0.146. The van der Waals surface area contributed by atoms with Gasteiger partial charge in [0.15, 0.2) is 0 Å². The predicted octanol–water partition coefficient (Wildman–Crippen LogP) is 6.03. The molecule has 214 valence electrons. The summed E-state index contributed by atoms with van der Waals surface area (Å²) < 4.78 is 6.31. The Morgan fingerprint density at radius 3 is 2.51 bits per heavy atom. The zero-order valence-corrected chi connectivity index (χ0v) is 25.6. The van der Waals surface area contributed by atoms with Gasteiger partial charge < -0.3 is 15.0 Å². The van der Waals surface area contributed by atoms with E-state index in [0.29, 0.717) is 18.0 Å². The summed E-state index contributed by atoms with van der Waals surface area (Å²) in [5.74, 6) is -0.780. The van der Waals surface area contributed by atoms with E-state index in [1.165, 1.54) is 16.9 Å². The number of benzene rings is 1. The molecule has 1 atom stereocenters. The van der Waals surface area contributed by atoms with Gasteiger partial charge in [-0.25, -0.2) is 4.79 Å². The van der Waals surface area contributed by atoms with E-state index in [1.54, 1.807) is 6.07 Å². The van der Waals surface area contributed by atoms with E-state index in [0.717, 1.165) is 62.6 Å². The lowest BCUT2D eigenvalue weighted by Gasteiger charge is -2.38. The van der Waals surface area contributed by atoms with Crippen molar-refractivity contribution >= 4 is 45.1 Å². The van der Waals surface area contributed by atoms with E-state index in [4.69, 9.17) is 4.74 Å². The van der Waals surface area contributed by atoms with Crippen molar-refractivity contribution in [2.45, 2.75) is 83.8 Å². The number of piperidine rings is 1. The number of hydrogen-bond acceptors (Lipinski definition) is 6. The van der Waals surface area contributed by atoms with Crippen molar-refractivity contribution in [3.05, 3.63) is 56.7 Å². The second-order valence-electron chi connectivity index (χ2n) is 10.1. The molecule has 0 radical (unpaired) electrons. The number of esters is 1. The molecule has 7 nitrogen and oxygen atoms in total. The summed E-state index contributed by atoms with van der Waals surface area (Å²) in [6.45, 7) is 7.91. The Hall–Kier alpha value is -2.23. The topological polar surface area (TPSA) is 79.0 Å². The first-order chi connectivity index (χ1) is 18.9. The number of likely N-dealkylation sites (tertiary alicyclic amines) is 1. The lowest BCUT2D eigenvalue weighted by Crippen LogP contribution is -2.48. The average molecular weight is 621 g/mol. The number of carbonyl (C=O) groups excluding carboxylic acids is 3. The molecule has 2 heterocycles. The Morgan fingerprint density at radius 1 is 1.13 bits per heavy atom. The lowest BCUT2D eigenvalue weighted by atomic mass is 10.0. The third-order valence-electron chi connectivity index (χ3n) is 7.18. The Kier molecular flexibility index (Phi) is 13.5. The first kappa shape index (κ1) is 31.3. The minimum Gasteiger partial charge on any atom is -0.464 e. The Morgan fingerprint density at radius 2 is 1.87 bits per heavy atom. The summed E-state index contributed by atoms with van der Waals surface area (Å²) in [5.41, 5.74) is 1.31. The molecule has 1 aromatic carbocycles. The van der Waals surface area contributed by atoms with E-state index >= 15 is 0 Å². The van der Waals surface area contributed by atoms with E-state index in [2.05, 4.69) is 57.3 Å². The number of ether oxygens (including phenoxy) is 1. The normalized spacial score (nSPS) is 15.1. The molecular weight excluding hydrogens is 578 g/mol. The number of amides is 2. The molecule has 1 saturated heterocycles. The van der Waals surface area contributed by atoms with E-state index < -0.39 is 12.0 Å². The predicted molar refractivity (Wildman–Crippen MR) is 160 cm³/mol. The van der Waals surface area contributed by atoms with Crippen molar-refractivity contribution < 1.29 is 19.1 Å². The van der Waals surface area contributed by atoms with Crippen LogP contribution in [0.2, 0.25) is 0 Å². The molecule has 0 aliphatic carbocycles. The molecule has 1 aromatic heterocycles. The number of nitrogens with one attached hydrogen (secondary N) is 1. The van der Waals surface area contributed by atoms with Crippen molar-refractivity contribution in [1.82, 2.24) is 15.1 Å². The highest BCUT2D eigenvalue weighted by Crippen LogP contribution is 2.22. The third-order valence-corrected chi connectivity index (χ3v) is 8.87. The van der Waals surface area contributed by atoms with Crippen LogP contribution in [0.25, 0.3) is 0 Å². The SMILES string of the molecule is CCCCCCOC(=O)C(CCC(=O)N(CC)C1CCN(Cc2ccccc2)CC1)NC(=O)c1cc(Br)cs1. The zero-order chi connectivity index (χ0) is 28.0. The largest absolute Gasteiger partial charge is 0.464 e. The van der Waals surface area contributed by atoms with Crippen LogP contribution in [0, 0.1) is 0 Å². The molecule has 3 rings (SSSR count). The molecule has 2 amide bonds. The van der Waals surface area contributed by atoms with Crippen LogP contribution in [-0.2, 0) is 20.9 Å². The number of thiophene rings is 1. The highest BCUT2D eigenvalue weighted by molar-refractivity contribution is 9.10. The first-order valence-corrected chi connectivity index (χ1v) is 15.9. The van der Waals surface area contributed by atoms with Crippen LogP contribution in [0.15, 0.2) is 46.3 Å². The Balaban J connectivity index is 1.53. The number of nitrogens with zero attached hydrogens (tertiary/aromatic N) is 2. The highest BCUT2D eigenvalue weighted by Gasteiger charge is 2.29. The van der Waals surface area contributed by atoms with Gasteiger partial charge in [0.1, 0.15) is 6.04 Å². The van der Waals surface area contributed by atoms with Crippen molar-refractivity contribution in [3.8, 4) is 0 Å². The van der Waals surface area contributed by atoms with Crippen molar-refractivity contribution in [2.75, 3.05) is 26.2 Å². The van der Waals surface area contributed by atoms with Crippen LogP contribution in [0.5, 0.6) is 0 Å². The van der Waals surface area contributed by atoms with Gasteiger partial charge in [0, 0.05) is 48.5 Å². The van der Waals surface area contributed by atoms with Crippen molar-refractivity contribution in [1.29, 1.82) is 0 Å². The highest BCUT2D eigenvalue weighted by atomic mass is 79.9. The van der Waals surface area contributed by atoms with Crippen LogP contribution < -0.4 is 5.32 Å². The van der Waals surface area contributed by atoms with Crippen LogP contribution in [-0.4, -0.2) is 65.9 Å². The fourth-order valence-electron chi connectivity index (χ4n) is 4.99. The van der Waals surface area contributed by atoms with Crippen LogP contribution in [0.4, 0.5) is 0 Å². The zero-order valence-electron chi connectivity index (χ0n) is 23.2. The van der Waals surface area contributed by atoms with Crippen molar-refractivity contribution in [3.63, 3.8) is 0 Å². The second kappa shape index (κ2) is 16.8. The molecule has 1 aliphatic rings. The summed E-state index contributed by atoms with van der Waals surface area (Å²) in [5, 5.41) is 4.64. The fourth-order valence-corrected chi connectivity index (χ4v) is 6.32. The molecule has 2 aromatic rings. The van der Waals surface area contributed by atoms with Crippen LogP contribution >= 0.6 is 27.3 Å². The molecule has 0 spiro atoms. The summed E-state index contributed by atoms with van der Waals surface area (Å²) in [6.07, 6.45) is 6.25. The number of hydrogen-bond donors (Lipinski definition) is 1. The van der Waals surface area contributed by atoms with Gasteiger partial charge in [-0.05, 0) is 60.2 Å². The van der Waals surface area contributed by atoms with Gasteiger partial charge in [-0.2, -0.15) is 0 Å². The van der Waals surface area contributed by atoms with Gasteiger partial charge in [0.2, 0.25) is 5.91 Å². The van der Waals surface area contributed by atoms with Gasteiger partial charge in [-0.15, -0.1) is 11.3 Å². The van der Waals surface area contributed by atoms with Crippen molar-refractivity contribution in [2.24, 2.45) is 0 Å². The first-order valence-electron chi connectivity index (χ1n) is 14.2. The van der Waals surface area contributed by atoms with Crippen LogP contribution in [0.1, 0.15) is 80.4 Å². The van der Waals surface area contributed by atoms with Gasteiger partial charge in [0.25, 0.3) is 5.91 Å². The minimum absolute atomic E-state index is 0.0212. The number of carbonyl (C=O) groups is 3. The summed E-state index contributed by atoms with van der Waals surface area (Å²) in [7, 11) is 0. The fraction of sp³-hybridized carbons (Fsp3) is 0.567. The number of unbranched alkanes of at least 4 members (excludes halogenated alkanes) is 3. The van der Waals surface area contributed by atoms with Gasteiger partial charge in [0.05, 0.1) is 11.5 Å². The van der Waals surface area contributed by atoms with Crippen LogP contribution in [0.3, 0.4) is 0 Å². The maximum atomic E-state index is 13.3. The molecule has 1 N–H and O–H groups in total. The smallest absolute Gasteiger partial charge is 0.328 e. The van der Waals surface area contributed by atoms with E-state index in [-0.39, 0.29) is 30.7 Å². The standard InChI is InChI=1S/C30H42BrN3O4S/c1-3-5-6-10-19-38-30(37)26(32-29(36)27-20-24(31)22-39-27)13-14-28(35)34(4-2)25-15-17-33(18-16-25)21-23-11-8-7-9-12-23/h7-9,11-12,20,22,25-26H,3-6,10,13-19,21H2,1-2H3,(H,32,36). The molecule has 0 saturated carbocycles. The molecule has 39 heavy (non-hydrogen) atoms. The minimum atomic E-state index is -0.861. The number of halogens is 1.